The normalized spacial score (nSPS) is 18.9. The molecule has 1 aromatic carbocycles. The second kappa shape index (κ2) is 3.81. The molecule has 0 heterocycles. The van der Waals surface area contributed by atoms with Crippen LogP contribution < -0.4 is 5.32 Å². The van der Waals surface area contributed by atoms with E-state index in [2.05, 4.69) is 5.32 Å². The number of benzene rings is 1. The predicted octanol–water partition coefficient (Wildman–Crippen LogP) is 2.35. The summed E-state index contributed by atoms with van der Waals surface area (Å²) < 4.78 is 38.1. The van der Waals surface area contributed by atoms with Gasteiger partial charge in [0.1, 0.15) is 5.82 Å². The van der Waals surface area contributed by atoms with Crippen molar-refractivity contribution < 1.29 is 18.0 Å². The van der Waals surface area contributed by atoms with Crippen LogP contribution in [0.2, 0.25) is 0 Å². The third-order valence-electron chi connectivity index (χ3n) is 2.54. The second-order valence-electron chi connectivity index (χ2n) is 3.91. The summed E-state index contributed by atoms with van der Waals surface area (Å²) in [5.74, 6) is -3.97. The van der Waals surface area contributed by atoms with Crippen molar-refractivity contribution in [3.05, 3.63) is 35.6 Å². The summed E-state index contributed by atoms with van der Waals surface area (Å²) in [6, 6.07) is 4.91. The smallest absolute Gasteiger partial charge is 0.254 e. The SMILES string of the molecule is O=C(NC1CC(F)(F)C1)c1ccccc1F. The molecule has 2 rings (SSSR count). The number of carbonyl (C=O) groups is 1. The van der Waals surface area contributed by atoms with Crippen molar-refractivity contribution in [1.82, 2.24) is 5.32 Å². The van der Waals surface area contributed by atoms with E-state index in [4.69, 9.17) is 0 Å². The summed E-state index contributed by atoms with van der Waals surface area (Å²) in [5.41, 5.74) is -0.113. The number of carbonyl (C=O) groups excluding carboxylic acids is 1. The van der Waals surface area contributed by atoms with E-state index in [1.54, 1.807) is 0 Å². The van der Waals surface area contributed by atoms with Crippen LogP contribution in [0.3, 0.4) is 0 Å². The van der Waals surface area contributed by atoms with Crippen LogP contribution in [0.5, 0.6) is 0 Å². The van der Waals surface area contributed by atoms with E-state index >= 15 is 0 Å². The molecule has 1 amide bonds. The predicted molar refractivity (Wildman–Crippen MR) is 51.8 cm³/mol. The van der Waals surface area contributed by atoms with Crippen molar-refractivity contribution in [2.24, 2.45) is 0 Å². The zero-order valence-corrected chi connectivity index (χ0v) is 8.34. The topological polar surface area (TPSA) is 29.1 Å². The Labute approximate surface area is 90.5 Å². The highest BCUT2D eigenvalue weighted by atomic mass is 19.3. The van der Waals surface area contributed by atoms with Gasteiger partial charge in [0.15, 0.2) is 0 Å². The van der Waals surface area contributed by atoms with Gasteiger partial charge in [0.2, 0.25) is 0 Å². The minimum Gasteiger partial charge on any atom is -0.349 e. The van der Waals surface area contributed by atoms with E-state index in [9.17, 15) is 18.0 Å². The average molecular weight is 229 g/mol. The number of amides is 1. The van der Waals surface area contributed by atoms with Gasteiger partial charge in [0.05, 0.1) is 5.56 Å². The molecule has 5 heteroatoms. The van der Waals surface area contributed by atoms with Crippen LogP contribution in [-0.4, -0.2) is 17.9 Å². The van der Waals surface area contributed by atoms with Gasteiger partial charge >= 0.3 is 0 Å². The Hall–Kier alpha value is -1.52. The zero-order chi connectivity index (χ0) is 11.8. The summed E-state index contributed by atoms with van der Waals surface area (Å²) in [5, 5.41) is 2.37. The van der Waals surface area contributed by atoms with E-state index in [-0.39, 0.29) is 18.4 Å². The van der Waals surface area contributed by atoms with Gasteiger partial charge in [0.25, 0.3) is 11.8 Å². The summed E-state index contributed by atoms with van der Waals surface area (Å²) in [6.07, 6.45) is -0.736. The lowest BCUT2D eigenvalue weighted by molar-refractivity contribution is -0.0901. The molecule has 0 atom stereocenters. The lowest BCUT2D eigenvalue weighted by Gasteiger charge is -2.35. The number of rotatable bonds is 2. The van der Waals surface area contributed by atoms with E-state index in [1.165, 1.54) is 18.2 Å². The molecule has 1 aliphatic rings. The third kappa shape index (κ3) is 2.18. The molecule has 0 aromatic heterocycles. The number of nitrogens with one attached hydrogen (secondary N) is 1. The number of alkyl halides is 2. The van der Waals surface area contributed by atoms with Crippen molar-refractivity contribution in [3.8, 4) is 0 Å². The third-order valence-corrected chi connectivity index (χ3v) is 2.54. The summed E-state index contributed by atoms with van der Waals surface area (Å²) >= 11 is 0. The van der Waals surface area contributed by atoms with Crippen molar-refractivity contribution >= 4 is 5.91 Å². The molecule has 1 aliphatic carbocycles. The first kappa shape index (κ1) is 11.0. The lowest BCUT2D eigenvalue weighted by Crippen LogP contribution is -2.50. The van der Waals surface area contributed by atoms with Crippen LogP contribution >= 0.6 is 0 Å². The first-order valence-electron chi connectivity index (χ1n) is 4.91. The lowest BCUT2D eigenvalue weighted by atomic mass is 9.88. The molecule has 0 radical (unpaired) electrons. The first-order chi connectivity index (χ1) is 7.48. The Morgan fingerprint density at radius 2 is 1.94 bits per heavy atom. The van der Waals surface area contributed by atoms with E-state index in [1.807, 2.05) is 0 Å². The summed E-state index contributed by atoms with van der Waals surface area (Å²) in [6.45, 7) is 0. The summed E-state index contributed by atoms with van der Waals surface area (Å²) in [4.78, 5) is 11.5. The molecule has 2 nitrogen and oxygen atoms in total. The van der Waals surface area contributed by atoms with Gasteiger partial charge in [-0.1, -0.05) is 12.1 Å². The van der Waals surface area contributed by atoms with Crippen molar-refractivity contribution in [2.75, 3.05) is 0 Å². The fourth-order valence-corrected chi connectivity index (χ4v) is 1.67. The molecule has 0 saturated heterocycles. The highest BCUT2D eigenvalue weighted by molar-refractivity contribution is 5.94. The number of hydrogen-bond acceptors (Lipinski definition) is 1. The maximum absolute atomic E-state index is 13.2. The molecule has 1 saturated carbocycles. The molecule has 0 unspecified atom stereocenters. The molecule has 0 spiro atoms. The quantitative estimate of drug-likeness (QED) is 0.828. The Balaban J connectivity index is 1.97. The molecule has 1 fully saturated rings. The van der Waals surface area contributed by atoms with Gasteiger partial charge in [0, 0.05) is 18.9 Å². The zero-order valence-electron chi connectivity index (χ0n) is 8.34. The van der Waals surface area contributed by atoms with Gasteiger partial charge in [-0.2, -0.15) is 0 Å². The van der Waals surface area contributed by atoms with Gasteiger partial charge in [-0.25, -0.2) is 13.2 Å². The molecular formula is C11H10F3NO. The number of halogens is 3. The van der Waals surface area contributed by atoms with Gasteiger partial charge in [-0.15, -0.1) is 0 Å². The van der Waals surface area contributed by atoms with Gasteiger partial charge in [-0.3, -0.25) is 4.79 Å². The Morgan fingerprint density at radius 1 is 1.31 bits per heavy atom. The molecule has 0 bridgehead atoms. The Bertz CT molecular complexity index is 411. The Kier molecular flexibility index (Phi) is 2.61. The maximum atomic E-state index is 13.2. The van der Waals surface area contributed by atoms with E-state index in [0.717, 1.165) is 6.07 Å². The minimum absolute atomic E-state index is 0.113. The standard InChI is InChI=1S/C11H10F3NO/c12-9-4-2-1-3-8(9)10(16)15-7-5-11(13,14)6-7/h1-4,7H,5-6H2,(H,15,16). The van der Waals surface area contributed by atoms with Crippen molar-refractivity contribution in [2.45, 2.75) is 24.8 Å². The minimum atomic E-state index is -2.69. The van der Waals surface area contributed by atoms with Crippen LogP contribution in [0.1, 0.15) is 23.2 Å². The Morgan fingerprint density at radius 3 is 2.50 bits per heavy atom. The molecule has 86 valence electrons. The molecule has 0 aliphatic heterocycles. The average Bonchev–Trinajstić information content (AvgIpc) is 2.15. The van der Waals surface area contributed by atoms with Crippen LogP contribution in [0.4, 0.5) is 13.2 Å². The molecular weight excluding hydrogens is 219 g/mol. The van der Waals surface area contributed by atoms with E-state index < -0.39 is 23.7 Å². The number of hydrogen-bond donors (Lipinski definition) is 1. The van der Waals surface area contributed by atoms with Crippen molar-refractivity contribution in [3.63, 3.8) is 0 Å². The fourth-order valence-electron chi connectivity index (χ4n) is 1.67. The van der Waals surface area contributed by atoms with Crippen molar-refractivity contribution in [1.29, 1.82) is 0 Å². The highest BCUT2D eigenvalue weighted by Gasteiger charge is 2.46. The largest absolute Gasteiger partial charge is 0.349 e. The van der Waals surface area contributed by atoms with Crippen LogP contribution in [0.15, 0.2) is 24.3 Å². The summed E-state index contributed by atoms with van der Waals surface area (Å²) in [7, 11) is 0. The van der Waals surface area contributed by atoms with Crippen LogP contribution in [-0.2, 0) is 0 Å². The highest BCUT2D eigenvalue weighted by Crippen LogP contribution is 2.37. The van der Waals surface area contributed by atoms with Gasteiger partial charge in [-0.05, 0) is 12.1 Å². The van der Waals surface area contributed by atoms with Crippen LogP contribution in [0.25, 0.3) is 0 Å². The van der Waals surface area contributed by atoms with Gasteiger partial charge < -0.3 is 5.32 Å². The molecule has 1 aromatic rings. The van der Waals surface area contributed by atoms with E-state index in [0.29, 0.717) is 0 Å². The second-order valence-corrected chi connectivity index (χ2v) is 3.91. The molecule has 1 N–H and O–H groups in total. The maximum Gasteiger partial charge on any atom is 0.254 e. The molecule has 16 heavy (non-hydrogen) atoms. The fraction of sp³-hybridized carbons (Fsp3) is 0.364. The first-order valence-corrected chi connectivity index (χ1v) is 4.91. The van der Waals surface area contributed by atoms with Crippen LogP contribution in [0, 0.1) is 5.82 Å². The monoisotopic (exact) mass is 229 g/mol.